The van der Waals surface area contributed by atoms with Gasteiger partial charge in [-0.25, -0.2) is 9.18 Å². The zero-order chi connectivity index (χ0) is 27.7. The minimum absolute atomic E-state index is 0.217. The smallest absolute Gasteiger partial charge is 0.362 e. The molecule has 0 bridgehead atoms. The molecule has 0 saturated carbocycles. The molecule has 4 aromatic rings. The Labute approximate surface area is 219 Å². The average molecular weight is 536 g/mol. The lowest BCUT2D eigenvalue weighted by Gasteiger charge is -2.14. The number of benzene rings is 3. The van der Waals surface area contributed by atoms with Gasteiger partial charge in [0.1, 0.15) is 5.82 Å². The number of rotatable bonds is 5. The second kappa shape index (κ2) is 10.0. The van der Waals surface area contributed by atoms with Crippen molar-refractivity contribution in [2.75, 3.05) is 21.3 Å². The van der Waals surface area contributed by atoms with Crippen LogP contribution in [0.4, 0.5) is 50.8 Å². The minimum atomic E-state index is -4.76. The summed E-state index contributed by atoms with van der Waals surface area (Å²) in [6.07, 6.45) is -1.22. The molecule has 0 atom stereocenters. The summed E-state index contributed by atoms with van der Waals surface area (Å²) in [5.74, 6) is -1.34. The molecule has 1 aromatic heterocycles. The molecule has 0 saturated heterocycles. The fourth-order valence-corrected chi connectivity index (χ4v) is 4.11. The molecular formula is C28H21F4N5O2. The molecule has 198 valence electrons. The number of hydrogen-bond acceptors (Lipinski definition) is 3. The number of aryl methyl sites for hydroxylation is 1. The zero-order valence-corrected chi connectivity index (χ0v) is 20.3. The van der Waals surface area contributed by atoms with Crippen molar-refractivity contribution in [2.24, 2.45) is 0 Å². The first-order valence-electron chi connectivity index (χ1n) is 11.7. The SMILES string of the molecule is Cc1ccc(NC(=O)Nc2cc(F)cc(C(F)(F)F)c2)cc1Nc1ccc2c(c1)NC(=O)/C2=C\c1ccc[nH]1. The van der Waals surface area contributed by atoms with Crippen LogP contribution in [-0.4, -0.2) is 16.9 Å². The van der Waals surface area contributed by atoms with E-state index < -0.39 is 23.6 Å². The van der Waals surface area contributed by atoms with Gasteiger partial charge in [0.25, 0.3) is 5.91 Å². The summed E-state index contributed by atoms with van der Waals surface area (Å²) in [7, 11) is 0. The van der Waals surface area contributed by atoms with E-state index in [1.165, 1.54) is 0 Å². The van der Waals surface area contributed by atoms with Crippen molar-refractivity contribution < 1.29 is 27.2 Å². The summed E-state index contributed by atoms with van der Waals surface area (Å²) >= 11 is 0. The van der Waals surface area contributed by atoms with E-state index in [-0.39, 0.29) is 11.6 Å². The predicted molar refractivity (Wildman–Crippen MR) is 142 cm³/mol. The van der Waals surface area contributed by atoms with Gasteiger partial charge in [0, 0.05) is 40.2 Å². The summed E-state index contributed by atoms with van der Waals surface area (Å²) in [6.45, 7) is 1.85. The van der Waals surface area contributed by atoms with E-state index in [0.29, 0.717) is 40.5 Å². The maximum Gasteiger partial charge on any atom is 0.416 e. The highest BCUT2D eigenvalue weighted by molar-refractivity contribution is 6.35. The second-order valence-electron chi connectivity index (χ2n) is 8.86. The fourth-order valence-electron chi connectivity index (χ4n) is 4.11. The summed E-state index contributed by atoms with van der Waals surface area (Å²) < 4.78 is 52.5. The monoisotopic (exact) mass is 535 g/mol. The Morgan fingerprint density at radius 2 is 1.69 bits per heavy atom. The fraction of sp³-hybridized carbons (Fsp3) is 0.0714. The number of hydrogen-bond donors (Lipinski definition) is 5. The third kappa shape index (κ3) is 5.77. The van der Waals surface area contributed by atoms with Crippen molar-refractivity contribution in [3.05, 3.63) is 101 Å². The van der Waals surface area contributed by atoms with Gasteiger partial charge < -0.3 is 26.3 Å². The first-order chi connectivity index (χ1) is 18.5. The van der Waals surface area contributed by atoms with Gasteiger partial charge in [0.15, 0.2) is 0 Å². The van der Waals surface area contributed by atoms with Crippen LogP contribution in [0.2, 0.25) is 0 Å². The normalized spacial score (nSPS) is 13.7. The van der Waals surface area contributed by atoms with Gasteiger partial charge >= 0.3 is 12.2 Å². The van der Waals surface area contributed by atoms with Crippen molar-refractivity contribution >= 4 is 52.0 Å². The number of aromatic nitrogens is 1. The summed E-state index contributed by atoms with van der Waals surface area (Å²) in [5, 5.41) is 10.9. The number of urea groups is 1. The van der Waals surface area contributed by atoms with Crippen LogP contribution < -0.4 is 21.3 Å². The number of nitrogens with one attached hydrogen (secondary N) is 5. The average Bonchev–Trinajstić information content (AvgIpc) is 3.48. The highest BCUT2D eigenvalue weighted by Crippen LogP contribution is 2.36. The Bertz CT molecular complexity index is 1610. The summed E-state index contributed by atoms with van der Waals surface area (Å²) in [6, 6.07) is 15.1. The van der Waals surface area contributed by atoms with E-state index in [4.69, 9.17) is 0 Å². The van der Waals surface area contributed by atoms with Crippen LogP contribution in [0.25, 0.3) is 11.6 Å². The molecular weight excluding hydrogens is 514 g/mol. The number of amides is 3. The molecule has 2 heterocycles. The van der Waals surface area contributed by atoms with E-state index in [9.17, 15) is 27.2 Å². The molecule has 0 fully saturated rings. The lowest BCUT2D eigenvalue weighted by Crippen LogP contribution is -2.20. The van der Waals surface area contributed by atoms with E-state index in [2.05, 4.69) is 26.3 Å². The number of alkyl halides is 3. The largest absolute Gasteiger partial charge is 0.416 e. The third-order valence-electron chi connectivity index (χ3n) is 5.98. The molecule has 3 amide bonds. The molecule has 5 rings (SSSR count). The topological polar surface area (TPSA) is 98.0 Å². The molecule has 0 unspecified atom stereocenters. The molecule has 0 radical (unpaired) electrons. The van der Waals surface area contributed by atoms with Crippen molar-refractivity contribution in [3.63, 3.8) is 0 Å². The second-order valence-corrected chi connectivity index (χ2v) is 8.86. The molecule has 5 N–H and O–H groups in total. The van der Waals surface area contributed by atoms with Crippen LogP contribution in [0.15, 0.2) is 72.9 Å². The highest BCUT2D eigenvalue weighted by atomic mass is 19.4. The molecule has 11 heteroatoms. The van der Waals surface area contributed by atoms with Crippen LogP contribution in [0, 0.1) is 12.7 Å². The summed E-state index contributed by atoms with van der Waals surface area (Å²) in [5.41, 5.74) is 3.70. The van der Waals surface area contributed by atoms with Gasteiger partial charge in [-0.2, -0.15) is 13.2 Å². The van der Waals surface area contributed by atoms with Crippen LogP contribution in [0.3, 0.4) is 0 Å². The Morgan fingerprint density at radius 3 is 2.44 bits per heavy atom. The maximum absolute atomic E-state index is 13.6. The van der Waals surface area contributed by atoms with E-state index in [0.717, 1.165) is 22.9 Å². The van der Waals surface area contributed by atoms with Gasteiger partial charge in [0.2, 0.25) is 0 Å². The van der Waals surface area contributed by atoms with Crippen LogP contribution >= 0.6 is 0 Å². The van der Waals surface area contributed by atoms with Gasteiger partial charge in [-0.3, -0.25) is 4.79 Å². The van der Waals surface area contributed by atoms with Gasteiger partial charge in [0.05, 0.1) is 16.8 Å². The number of H-pyrrole nitrogens is 1. The minimum Gasteiger partial charge on any atom is -0.362 e. The molecule has 3 aromatic carbocycles. The zero-order valence-electron chi connectivity index (χ0n) is 20.3. The number of aromatic amines is 1. The standard InChI is InChI=1S/C28H21F4N5O2/c1-15-4-5-20(35-27(39)36-21-10-16(28(30,31)32)9-17(29)11-21)13-24(15)34-19-6-7-22-23(12-18-3-2-8-33-18)26(38)37-25(22)14-19/h2-14,33-34H,1H3,(H,37,38)(H2,35,36,39)/b23-12-. The highest BCUT2D eigenvalue weighted by Gasteiger charge is 2.31. The number of anilines is 5. The van der Waals surface area contributed by atoms with Crippen LogP contribution in [-0.2, 0) is 11.0 Å². The van der Waals surface area contributed by atoms with Crippen molar-refractivity contribution in [1.82, 2.24) is 4.98 Å². The van der Waals surface area contributed by atoms with Gasteiger partial charge in [-0.05, 0) is 73.2 Å². The Kier molecular flexibility index (Phi) is 6.57. The van der Waals surface area contributed by atoms with E-state index in [1.807, 2.05) is 31.2 Å². The van der Waals surface area contributed by atoms with Gasteiger partial charge in [-0.15, -0.1) is 0 Å². The third-order valence-corrected chi connectivity index (χ3v) is 5.98. The maximum atomic E-state index is 13.6. The first-order valence-corrected chi connectivity index (χ1v) is 11.7. The molecule has 1 aliphatic heterocycles. The quantitative estimate of drug-likeness (QED) is 0.136. The Morgan fingerprint density at radius 1 is 0.923 bits per heavy atom. The van der Waals surface area contributed by atoms with E-state index >= 15 is 0 Å². The lowest BCUT2D eigenvalue weighted by atomic mass is 10.1. The molecule has 1 aliphatic rings. The Hall–Kier alpha value is -5.06. The number of halogens is 4. The van der Waals surface area contributed by atoms with E-state index in [1.54, 1.807) is 36.5 Å². The molecule has 39 heavy (non-hydrogen) atoms. The predicted octanol–water partition coefficient (Wildman–Crippen LogP) is 7.36. The summed E-state index contributed by atoms with van der Waals surface area (Å²) in [4.78, 5) is 28.0. The van der Waals surface area contributed by atoms with Crippen molar-refractivity contribution in [1.29, 1.82) is 0 Å². The van der Waals surface area contributed by atoms with Gasteiger partial charge in [-0.1, -0.05) is 12.1 Å². The number of fused-ring (bicyclic) bond motifs is 1. The van der Waals surface area contributed by atoms with Crippen LogP contribution in [0.1, 0.15) is 22.4 Å². The molecule has 0 spiro atoms. The van der Waals surface area contributed by atoms with Crippen molar-refractivity contribution in [3.8, 4) is 0 Å². The molecule has 0 aliphatic carbocycles. The molecule has 7 nitrogen and oxygen atoms in total. The Balaban J connectivity index is 1.30. The first kappa shape index (κ1) is 25.6. The number of carbonyl (C=O) groups is 2. The van der Waals surface area contributed by atoms with Crippen LogP contribution in [0.5, 0.6) is 0 Å². The lowest BCUT2D eigenvalue weighted by molar-refractivity contribution is -0.137. The van der Waals surface area contributed by atoms with Crippen molar-refractivity contribution in [2.45, 2.75) is 13.1 Å². The number of carbonyl (C=O) groups excluding carboxylic acids is 2.